The molecule has 1 aromatic rings. The van der Waals surface area contributed by atoms with Gasteiger partial charge in [-0.15, -0.1) is 0 Å². The second-order valence-corrected chi connectivity index (χ2v) is 4.27. The van der Waals surface area contributed by atoms with Crippen LogP contribution in [0, 0.1) is 0 Å². The summed E-state index contributed by atoms with van der Waals surface area (Å²) in [5.74, 6) is 1.24. The van der Waals surface area contributed by atoms with Crippen LogP contribution in [0.15, 0.2) is 18.2 Å². The molecule has 1 amide bonds. The monoisotopic (exact) mass is 249 g/mol. The lowest BCUT2D eigenvalue weighted by molar-refractivity contribution is 0.0947. The van der Waals surface area contributed by atoms with E-state index in [1.807, 2.05) is 13.8 Å². The summed E-state index contributed by atoms with van der Waals surface area (Å²) in [6.45, 7) is 4.95. The van der Waals surface area contributed by atoms with E-state index in [-0.39, 0.29) is 5.91 Å². The number of carbonyl (C=O) groups is 1. The summed E-state index contributed by atoms with van der Waals surface area (Å²) in [6.07, 6.45) is 2.15. The lowest BCUT2D eigenvalue weighted by Gasteiger charge is -2.12. The minimum absolute atomic E-state index is 0.0657. The normalized spacial score (nSPS) is 14.1. The molecule has 1 saturated carbocycles. The minimum Gasteiger partial charge on any atom is -0.494 e. The first kappa shape index (κ1) is 12.7. The van der Waals surface area contributed by atoms with Crippen molar-refractivity contribution in [1.29, 1.82) is 0 Å². The maximum Gasteiger partial charge on any atom is 0.255 e. The van der Waals surface area contributed by atoms with Crippen molar-refractivity contribution in [1.82, 2.24) is 5.32 Å². The Labute approximate surface area is 107 Å². The molecule has 2 rings (SSSR count). The zero-order valence-electron chi connectivity index (χ0n) is 10.9. The Balaban J connectivity index is 2.17. The van der Waals surface area contributed by atoms with Gasteiger partial charge < -0.3 is 14.8 Å². The first-order chi connectivity index (χ1) is 8.74. The van der Waals surface area contributed by atoms with Crippen LogP contribution < -0.4 is 14.8 Å². The highest BCUT2D eigenvalue weighted by Gasteiger charge is 2.25. The lowest BCUT2D eigenvalue weighted by Crippen LogP contribution is -2.25. The zero-order valence-corrected chi connectivity index (χ0v) is 10.9. The lowest BCUT2D eigenvalue weighted by atomic mass is 10.1. The van der Waals surface area contributed by atoms with E-state index in [9.17, 15) is 4.79 Å². The Hall–Kier alpha value is -1.71. The summed E-state index contributed by atoms with van der Waals surface area (Å²) >= 11 is 0. The van der Waals surface area contributed by atoms with Crippen molar-refractivity contribution < 1.29 is 14.3 Å². The van der Waals surface area contributed by atoms with Gasteiger partial charge in [-0.3, -0.25) is 4.79 Å². The first-order valence-corrected chi connectivity index (χ1v) is 6.45. The number of ether oxygens (including phenoxy) is 2. The highest BCUT2D eigenvalue weighted by Crippen LogP contribution is 2.26. The highest BCUT2D eigenvalue weighted by molar-refractivity contribution is 5.97. The largest absolute Gasteiger partial charge is 0.494 e. The number of rotatable bonds is 6. The highest BCUT2D eigenvalue weighted by atomic mass is 16.5. The summed E-state index contributed by atoms with van der Waals surface area (Å²) < 4.78 is 10.9. The molecule has 1 fully saturated rings. The van der Waals surface area contributed by atoms with E-state index in [1.165, 1.54) is 0 Å². The predicted octanol–water partition coefficient (Wildman–Crippen LogP) is 2.38. The second-order valence-electron chi connectivity index (χ2n) is 4.27. The first-order valence-electron chi connectivity index (χ1n) is 6.45. The van der Waals surface area contributed by atoms with Gasteiger partial charge in [0.15, 0.2) is 0 Å². The van der Waals surface area contributed by atoms with Crippen molar-refractivity contribution in [3.05, 3.63) is 23.8 Å². The van der Waals surface area contributed by atoms with E-state index in [4.69, 9.17) is 9.47 Å². The standard InChI is InChI=1S/C14H19NO3/c1-3-17-11-7-8-12(13(9-11)18-4-2)14(16)15-10-5-6-10/h7-10H,3-6H2,1-2H3,(H,15,16). The third kappa shape index (κ3) is 3.15. The van der Waals surface area contributed by atoms with Gasteiger partial charge >= 0.3 is 0 Å². The number of carbonyl (C=O) groups excluding carboxylic acids is 1. The molecule has 1 aliphatic carbocycles. The fraction of sp³-hybridized carbons (Fsp3) is 0.500. The van der Waals surface area contributed by atoms with E-state index < -0.39 is 0 Å². The fourth-order valence-corrected chi connectivity index (χ4v) is 1.71. The Morgan fingerprint density at radius 2 is 2.00 bits per heavy atom. The zero-order chi connectivity index (χ0) is 13.0. The number of nitrogens with one attached hydrogen (secondary N) is 1. The van der Waals surface area contributed by atoms with Gasteiger partial charge in [-0.05, 0) is 38.8 Å². The Kier molecular flexibility index (Phi) is 4.07. The predicted molar refractivity (Wildman–Crippen MR) is 69.3 cm³/mol. The molecule has 4 nitrogen and oxygen atoms in total. The summed E-state index contributed by atoms with van der Waals surface area (Å²) in [4.78, 5) is 12.0. The van der Waals surface area contributed by atoms with Crippen molar-refractivity contribution in [3.63, 3.8) is 0 Å². The van der Waals surface area contributed by atoms with E-state index in [0.29, 0.717) is 30.6 Å². The molecule has 0 saturated heterocycles. The molecule has 1 aromatic carbocycles. The molecule has 98 valence electrons. The molecule has 4 heteroatoms. The van der Waals surface area contributed by atoms with E-state index in [1.54, 1.807) is 18.2 Å². The summed E-state index contributed by atoms with van der Waals surface area (Å²) in [6, 6.07) is 5.68. The SMILES string of the molecule is CCOc1ccc(C(=O)NC2CC2)c(OCC)c1. The van der Waals surface area contributed by atoms with Crippen molar-refractivity contribution >= 4 is 5.91 Å². The van der Waals surface area contributed by atoms with Crippen LogP contribution in [0.1, 0.15) is 37.0 Å². The van der Waals surface area contributed by atoms with Gasteiger partial charge in [0, 0.05) is 12.1 Å². The third-order valence-corrected chi connectivity index (χ3v) is 2.72. The van der Waals surface area contributed by atoms with Crippen LogP contribution in [0.25, 0.3) is 0 Å². The molecule has 0 heterocycles. The maximum atomic E-state index is 12.0. The van der Waals surface area contributed by atoms with Gasteiger partial charge in [0.05, 0.1) is 18.8 Å². The minimum atomic E-state index is -0.0657. The summed E-state index contributed by atoms with van der Waals surface area (Å²) in [5.41, 5.74) is 0.576. The molecule has 1 N–H and O–H groups in total. The molecule has 0 atom stereocenters. The maximum absolute atomic E-state index is 12.0. The van der Waals surface area contributed by atoms with Gasteiger partial charge in [-0.25, -0.2) is 0 Å². The third-order valence-electron chi connectivity index (χ3n) is 2.72. The smallest absolute Gasteiger partial charge is 0.255 e. The molecule has 0 unspecified atom stereocenters. The van der Waals surface area contributed by atoms with Crippen LogP contribution in [-0.2, 0) is 0 Å². The van der Waals surface area contributed by atoms with Crippen molar-refractivity contribution in [2.24, 2.45) is 0 Å². The Morgan fingerprint density at radius 3 is 2.61 bits per heavy atom. The van der Waals surface area contributed by atoms with Gasteiger partial charge in [0.1, 0.15) is 11.5 Å². The van der Waals surface area contributed by atoms with Crippen molar-refractivity contribution in [3.8, 4) is 11.5 Å². The second kappa shape index (κ2) is 5.76. The molecular weight excluding hydrogens is 230 g/mol. The van der Waals surface area contributed by atoms with Crippen molar-refractivity contribution in [2.75, 3.05) is 13.2 Å². The number of hydrogen-bond donors (Lipinski definition) is 1. The molecular formula is C14H19NO3. The topological polar surface area (TPSA) is 47.6 Å². The molecule has 0 aromatic heterocycles. The van der Waals surface area contributed by atoms with E-state index >= 15 is 0 Å². The molecule has 0 spiro atoms. The Bertz CT molecular complexity index is 427. The van der Waals surface area contributed by atoms with Gasteiger partial charge in [-0.2, -0.15) is 0 Å². The van der Waals surface area contributed by atoms with Crippen LogP contribution in [0.3, 0.4) is 0 Å². The summed E-state index contributed by atoms with van der Waals surface area (Å²) in [5, 5.41) is 2.96. The molecule has 0 radical (unpaired) electrons. The molecule has 0 aliphatic heterocycles. The molecule has 0 bridgehead atoms. The quantitative estimate of drug-likeness (QED) is 0.842. The van der Waals surface area contributed by atoms with Crippen LogP contribution in [0.2, 0.25) is 0 Å². The Morgan fingerprint density at radius 1 is 1.28 bits per heavy atom. The van der Waals surface area contributed by atoms with Gasteiger partial charge in [-0.1, -0.05) is 0 Å². The number of amides is 1. The average Bonchev–Trinajstić information content (AvgIpc) is 3.14. The van der Waals surface area contributed by atoms with Gasteiger partial charge in [0.2, 0.25) is 0 Å². The fourth-order valence-electron chi connectivity index (χ4n) is 1.71. The van der Waals surface area contributed by atoms with Crippen LogP contribution >= 0.6 is 0 Å². The van der Waals surface area contributed by atoms with Crippen LogP contribution in [0.5, 0.6) is 11.5 Å². The van der Waals surface area contributed by atoms with Gasteiger partial charge in [0.25, 0.3) is 5.91 Å². The molecule has 1 aliphatic rings. The number of benzene rings is 1. The summed E-state index contributed by atoms with van der Waals surface area (Å²) in [7, 11) is 0. The average molecular weight is 249 g/mol. The number of hydrogen-bond acceptors (Lipinski definition) is 3. The van der Waals surface area contributed by atoms with E-state index in [0.717, 1.165) is 18.6 Å². The molecule has 18 heavy (non-hydrogen) atoms. The van der Waals surface area contributed by atoms with E-state index in [2.05, 4.69) is 5.32 Å². The van der Waals surface area contributed by atoms with Crippen LogP contribution in [0.4, 0.5) is 0 Å². The van der Waals surface area contributed by atoms with Crippen LogP contribution in [-0.4, -0.2) is 25.2 Å². The van der Waals surface area contributed by atoms with Crippen molar-refractivity contribution in [2.45, 2.75) is 32.7 Å².